The average molecular weight is 368 g/mol. The first-order valence-electron chi connectivity index (χ1n) is 7.76. The summed E-state index contributed by atoms with van der Waals surface area (Å²) in [6.45, 7) is -0.497. The predicted molar refractivity (Wildman–Crippen MR) is 90.8 cm³/mol. The third kappa shape index (κ3) is 5.13. The van der Waals surface area contributed by atoms with Crippen LogP contribution in [0.2, 0.25) is 0 Å². The number of benzene rings is 2. The van der Waals surface area contributed by atoms with Gasteiger partial charge in [0.05, 0.1) is 5.56 Å². The molecule has 0 radical (unpaired) electrons. The van der Waals surface area contributed by atoms with Crippen molar-refractivity contribution < 1.29 is 27.8 Å². The standard InChI is InChI=1S/C18H19F3N2O3/c1-23(17(25)12-5-4-6-13(22)9-12)10-14(24)11-26-16-8-3-2-7-15(16)18(19,20)21/h2-9,14,24H,10-11,22H2,1H3. The molecule has 0 saturated carbocycles. The second-order valence-electron chi connectivity index (χ2n) is 5.77. The van der Waals surface area contributed by atoms with Gasteiger partial charge in [-0.2, -0.15) is 13.2 Å². The lowest BCUT2D eigenvalue weighted by Gasteiger charge is -2.22. The summed E-state index contributed by atoms with van der Waals surface area (Å²) in [5, 5.41) is 10.0. The summed E-state index contributed by atoms with van der Waals surface area (Å²) in [6, 6.07) is 11.1. The molecule has 3 N–H and O–H groups in total. The van der Waals surface area contributed by atoms with Crippen LogP contribution in [0.15, 0.2) is 48.5 Å². The SMILES string of the molecule is CN(CC(O)COc1ccccc1C(F)(F)F)C(=O)c1cccc(N)c1. The van der Waals surface area contributed by atoms with Crippen molar-refractivity contribution in [2.75, 3.05) is 25.9 Å². The van der Waals surface area contributed by atoms with Gasteiger partial charge in [0, 0.05) is 24.8 Å². The lowest BCUT2D eigenvalue weighted by molar-refractivity contribution is -0.139. The van der Waals surface area contributed by atoms with Crippen LogP contribution in [0.4, 0.5) is 18.9 Å². The number of nitrogens with zero attached hydrogens (tertiary/aromatic N) is 1. The molecule has 0 fully saturated rings. The molecule has 0 spiro atoms. The van der Waals surface area contributed by atoms with Crippen molar-refractivity contribution in [1.82, 2.24) is 4.90 Å². The highest BCUT2D eigenvalue weighted by atomic mass is 19.4. The van der Waals surface area contributed by atoms with Crippen LogP contribution in [0.1, 0.15) is 15.9 Å². The Balaban J connectivity index is 1.95. The van der Waals surface area contributed by atoms with Gasteiger partial charge in [-0.15, -0.1) is 0 Å². The van der Waals surface area contributed by atoms with Gasteiger partial charge in [0.15, 0.2) is 0 Å². The normalized spacial score (nSPS) is 12.5. The molecule has 2 rings (SSSR count). The summed E-state index contributed by atoms with van der Waals surface area (Å²) in [6.07, 6.45) is -5.71. The van der Waals surface area contributed by atoms with Crippen LogP contribution in [0.5, 0.6) is 5.75 Å². The number of nitrogens with two attached hydrogens (primary N) is 1. The number of ether oxygens (including phenoxy) is 1. The summed E-state index contributed by atoms with van der Waals surface area (Å²) in [7, 11) is 1.47. The van der Waals surface area contributed by atoms with Crippen molar-refractivity contribution in [3.8, 4) is 5.75 Å². The van der Waals surface area contributed by atoms with Gasteiger partial charge in [-0.25, -0.2) is 0 Å². The number of rotatable bonds is 6. The Hall–Kier alpha value is -2.74. The molecule has 0 saturated heterocycles. The first-order valence-corrected chi connectivity index (χ1v) is 7.76. The number of aliphatic hydroxyl groups is 1. The van der Waals surface area contributed by atoms with E-state index in [9.17, 15) is 23.1 Å². The van der Waals surface area contributed by atoms with Gasteiger partial charge in [-0.1, -0.05) is 18.2 Å². The Labute approximate surface area is 148 Å². The van der Waals surface area contributed by atoms with E-state index < -0.39 is 17.8 Å². The van der Waals surface area contributed by atoms with Gasteiger partial charge in [0.2, 0.25) is 0 Å². The molecule has 2 aromatic carbocycles. The summed E-state index contributed by atoms with van der Waals surface area (Å²) in [5.41, 5.74) is 5.48. The zero-order chi connectivity index (χ0) is 19.3. The van der Waals surface area contributed by atoms with E-state index in [0.29, 0.717) is 11.3 Å². The highest BCUT2D eigenvalue weighted by molar-refractivity contribution is 5.94. The van der Waals surface area contributed by atoms with Crippen LogP contribution in [-0.4, -0.2) is 42.2 Å². The molecule has 1 unspecified atom stereocenters. The van der Waals surface area contributed by atoms with Crippen LogP contribution in [0.3, 0.4) is 0 Å². The summed E-state index contributed by atoms with van der Waals surface area (Å²) < 4.78 is 43.8. The van der Waals surface area contributed by atoms with E-state index in [1.54, 1.807) is 18.2 Å². The highest BCUT2D eigenvalue weighted by Gasteiger charge is 2.34. The van der Waals surface area contributed by atoms with Crippen LogP contribution in [-0.2, 0) is 6.18 Å². The van der Waals surface area contributed by atoms with E-state index in [1.807, 2.05) is 0 Å². The summed E-state index contributed by atoms with van der Waals surface area (Å²) in [5.74, 6) is -0.740. The molecular formula is C18H19F3N2O3. The van der Waals surface area contributed by atoms with Gasteiger partial charge in [-0.3, -0.25) is 4.79 Å². The first kappa shape index (κ1) is 19.6. The van der Waals surface area contributed by atoms with E-state index in [1.165, 1.54) is 36.2 Å². The van der Waals surface area contributed by atoms with Crippen LogP contribution < -0.4 is 10.5 Å². The van der Waals surface area contributed by atoms with Crippen LogP contribution in [0, 0.1) is 0 Å². The van der Waals surface area contributed by atoms with Crippen molar-refractivity contribution in [3.05, 3.63) is 59.7 Å². The number of amides is 1. The number of hydrogen-bond donors (Lipinski definition) is 2. The van der Waals surface area contributed by atoms with Crippen molar-refractivity contribution in [3.63, 3.8) is 0 Å². The molecule has 0 aromatic heterocycles. The Bertz CT molecular complexity index is 765. The molecule has 1 atom stereocenters. The molecule has 0 aliphatic heterocycles. The van der Waals surface area contributed by atoms with Gasteiger partial charge in [0.25, 0.3) is 5.91 Å². The average Bonchev–Trinajstić information content (AvgIpc) is 2.58. The minimum Gasteiger partial charge on any atom is -0.490 e. The molecule has 0 aliphatic rings. The molecule has 2 aromatic rings. The third-order valence-electron chi connectivity index (χ3n) is 3.59. The molecule has 140 valence electrons. The Morgan fingerprint density at radius 2 is 1.92 bits per heavy atom. The summed E-state index contributed by atoms with van der Waals surface area (Å²) >= 11 is 0. The van der Waals surface area contributed by atoms with Crippen molar-refractivity contribution >= 4 is 11.6 Å². The number of para-hydroxylation sites is 1. The molecule has 5 nitrogen and oxygen atoms in total. The maximum Gasteiger partial charge on any atom is 0.419 e. The van der Waals surface area contributed by atoms with Crippen molar-refractivity contribution in [1.29, 1.82) is 0 Å². The fraction of sp³-hybridized carbons (Fsp3) is 0.278. The van der Waals surface area contributed by atoms with Gasteiger partial charge in [0.1, 0.15) is 18.5 Å². The van der Waals surface area contributed by atoms with E-state index >= 15 is 0 Å². The number of alkyl halides is 3. The number of carbonyl (C=O) groups excluding carboxylic acids is 1. The zero-order valence-corrected chi connectivity index (χ0v) is 14.0. The van der Waals surface area contributed by atoms with Crippen LogP contribution in [0.25, 0.3) is 0 Å². The number of halogens is 3. The van der Waals surface area contributed by atoms with Crippen molar-refractivity contribution in [2.24, 2.45) is 0 Å². The topological polar surface area (TPSA) is 75.8 Å². The fourth-order valence-electron chi connectivity index (χ4n) is 2.36. The van der Waals surface area contributed by atoms with E-state index in [-0.39, 0.29) is 24.8 Å². The molecule has 1 amide bonds. The second kappa shape index (κ2) is 8.09. The monoisotopic (exact) mass is 368 g/mol. The smallest absolute Gasteiger partial charge is 0.419 e. The highest BCUT2D eigenvalue weighted by Crippen LogP contribution is 2.35. The molecule has 0 heterocycles. The molecule has 0 bridgehead atoms. The number of likely N-dealkylation sites (N-methyl/N-ethyl adjacent to an activating group) is 1. The second-order valence-corrected chi connectivity index (χ2v) is 5.77. The zero-order valence-electron chi connectivity index (χ0n) is 14.0. The van der Waals surface area contributed by atoms with Gasteiger partial charge >= 0.3 is 6.18 Å². The number of anilines is 1. The van der Waals surface area contributed by atoms with E-state index in [0.717, 1.165) is 6.07 Å². The Morgan fingerprint density at radius 3 is 2.58 bits per heavy atom. The van der Waals surface area contributed by atoms with E-state index in [2.05, 4.69) is 0 Å². The number of nitrogen functional groups attached to an aromatic ring is 1. The molecule has 26 heavy (non-hydrogen) atoms. The first-order chi connectivity index (χ1) is 12.2. The number of hydrogen-bond acceptors (Lipinski definition) is 4. The predicted octanol–water partition coefficient (Wildman–Crippen LogP) is 2.80. The number of carbonyl (C=O) groups is 1. The van der Waals surface area contributed by atoms with E-state index in [4.69, 9.17) is 10.5 Å². The Morgan fingerprint density at radius 1 is 1.23 bits per heavy atom. The number of aliphatic hydroxyl groups excluding tert-OH is 1. The molecular weight excluding hydrogens is 349 g/mol. The lowest BCUT2D eigenvalue weighted by atomic mass is 10.1. The van der Waals surface area contributed by atoms with Gasteiger partial charge < -0.3 is 20.5 Å². The van der Waals surface area contributed by atoms with Crippen molar-refractivity contribution in [2.45, 2.75) is 12.3 Å². The van der Waals surface area contributed by atoms with Gasteiger partial charge in [-0.05, 0) is 30.3 Å². The minimum atomic E-state index is -4.55. The summed E-state index contributed by atoms with van der Waals surface area (Å²) in [4.78, 5) is 13.5. The largest absolute Gasteiger partial charge is 0.490 e. The fourth-order valence-corrected chi connectivity index (χ4v) is 2.36. The Kier molecular flexibility index (Phi) is 6.10. The maximum absolute atomic E-state index is 12.9. The maximum atomic E-state index is 12.9. The molecule has 8 heteroatoms. The third-order valence-corrected chi connectivity index (χ3v) is 3.59. The lowest BCUT2D eigenvalue weighted by Crippen LogP contribution is -2.37. The molecule has 0 aliphatic carbocycles. The minimum absolute atomic E-state index is 0.109. The van der Waals surface area contributed by atoms with Crippen LogP contribution >= 0.6 is 0 Å². The quantitative estimate of drug-likeness (QED) is 0.769.